The SMILES string of the molecule is CCCCCCCC/C=C\CCCCCCCC(=O)OC(=O)C(N)CS.[H-].[Na+]. The fourth-order valence-corrected chi connectivity index (χ4v) is 2.80. The van der Waals surface area contributed by atoms with Crippen molar-refractivity contribution in [2.45, 2.75) is 103 Å². The summed E-state index contributed by atoms with van der Waals surface area (Å²) in [5.41, 5.74) is 5.44. The molecule has 0 aliphatic rings. The Labute approximate surface area is 195 Å². The Morgan fingerprint density at radius 1 is 0.926 bits per heavy atom. The molecule has 0 aromatic heterocycles. The van der Waals surface area contributed by atoms with Crippen molar-refractivity contribution in [2.75, 3.05) is 5.75 Å². The standard InChI is InChI=1S/C21H39NO3S.Na.H/c1-2-3-4-5-6-7-8-9-10-11-12-13-14-15-16-17-20(23)25-21(24)19(22)18-26;;/h9-10,19,26H,2-8,11-18,22H2,1H3;;/q;+1;-1/b10-9-;;. The molecule has 154 valence electrons. The van der Waals surface area contributed by atoms with E-state index in [1.165, 1.54) is 57.8 Å². The van der Waals surface area contributed by atoms with Crippen LogP contribution in [0.2, 0.25) is 0 Å². The number of carbonyl (C=O) groups is 2. The van der Waals surface area contributed by atoms with Crippen LogP contribution in [0.5, 0.6) is 0 Å². The first kappa shape index (κ1) is 29.4. The van der Waals surface area contributed by atoms with Crippen LogP contribution in [-0.2, 0) is 14.3 Å². The van der Waals surface area contributed by atoms with Gasteiger partial charge in [0.15, 0.2) is 0 Å². The smallest absolute Gasteiger partial charge is 1.00 e. The second-order valence-corrected chi connectivity index (χ2v) is 7.28. The molecule has 0 aromatic carbocycles. The largest absolute Gasteiger partial charge is 1.00 e. The van der Waals surface area contributed by atoms with Gasteiger partial charge in [-0.3, -0.25) is 4.79 Å². The number of esters is 2. The van der Waals surface area contributed by atoms with E-state index in [4.69, 9.17) is 5.73 Å². The summed E-state index contributed by atoms with van der Waals surface area (Å²) in [6, 6.07) is -0.823. The molecule has 0 saturated heterocycles. The maximum absolute atomic E-state index is 11.5. The van der Waals surface area contributed by atoms with Crippen LogP contribution in [0.4, 0.5) is 0 Å². The van der Waals surface area contributed by atoms with E-state index >= 15 is 0 Å². The Hall–Kier alpha value is 0.190. The fourth-order valence-electron chi connectivity index (χ4n) is 2.65. The Morgan fingerprint density at radius 2 is 1.41 bits per heavy atom. The van der Waals surface area contributed by atoms with Crippen molar-refractivity contribution in [1.29, 1.82) is 0 Å². The van der Waals surface area contributed by atoms with Gasteiger partial charge in [-0.05, 0) is 32.1 Å². The fraction of sp³-hybridized carbons (Fsp3) is 0.810. The Balaban J connectivity index is -0.00000312. The predicted octanol–water partition coefficient (Wildman–Crippen LogP) is 2.47. The third-order valence-corrected chi connectivity index (χ3v) is 4.75. The molecule has 0 aliphatic carbocycles. The van der Waals surface area contributed by atoms with E-state index in [1.807, 2.05) is 0 Å². The van der Waals surface area contributed by atoms with Crippen molar-refractivity contribution in [3.8, 4) is 0 Å². The number of nitrogens with two attached hydrogens (primary N) is 1. The van der Waals surface area contributed by atoms with Crippen LogP contribution in [0, 0.1) is 0 Å². The topological polar surface area (TPSA) is 69.4 Å². The van der Waals surface area contributed by atoms with Gasteiger partial charge < -0.3 is 11.9 Å². The number of rotatable bonds is 17. The maximum Gasteiger partial charge on any atom is 1.00 e. The first-order chi connectivity index (χ1) is 12.6. The van der Waals surface area contributed by atoms with Crippen molar-refractivity contribution in [2.24, 2.45) is 5.73 Å². The van der Waals surface area contributed by atoms with Crippen LogP contribution in [0.15, 0.2) is 12.2 Å². The summed E-state index contributed by atoms with van der Waals surface area (Å²) in [4.78, 5) is 22.8. The third kappa shape index (κ3) is 20.7. The number of carbonyl (C=O) groups excluding carboxylic acids is 2. The summed E-state index contributed by atoms with van der Waals surface area (Å²) in [7, 11) is 0. The van der Waals surface area contributed by atoms with Crippen molar-refractivity contribution in [1.82, 2.24) is 0 Å². The molecule has 0 bridgehead atoms. The van der Waals surface area contributed by atoms with Gasteiger partial charge in [-0.2, -0.15) is 12.6 Å². The number of unbranched alkanes of at least 4 members (excludes halogenated alkanes) is 11. The second-order valence-electron chi connectivity index (χ2n) is 6.92. The molecule has 0 fully saturated rings. The van der Waals surface area contributed by atoms with E-state index in [9.17, 15) is 9.59 Å². The van der Waals surface area contributed by atoms with Crippen molar-refractivity contribution in [3.63, 3.8) is 0 Å². The molecule has 0 aromatic rings. The summed E-state index contributed by atoms with van der Waals surface area (Å²) < 4.78 is 4.66. The monoisotopic (exact) mass is 409 g/mol. The van der Waals surface area contributed by atoms with Gasteiger partial charge in [-0.25, -0.2) is 4.79 Å². The van der Waals surface area contributed by atoms with E-state index < -0.39 is 18.0 Å². The Morgan fingerprint density at radius 3 is 1.93 bits per heavy atom. The average molecular weight is 410 g/mol. The molecule has 4 nitrogen and oxygen atoms in total. The minimum Gasteiger partial charge on any atom is -1.00 e. The van der Waals surface area contributed by atoms with E-state index in [2.05, 4.69) is 36.4 Å². The molecule has 6 heteroatoms. The zero-order valence-electron chi connectivity index (χ0n) is 18.6. The van der Waals surface area contributed by atoms with Crippen LogP contribution < -0.4 is 35.3 Å². The molecular weight excluding hydrogens is 369 g/mol. The number of hydrogen-bond acceptors (Lipinski definition) is 5. The van der Waals surface area contributed by atoms with Crippen LogP contribution in [0.1, 0.15) is 98.2 Å². The maximum atomic E-state index is 11.5. The van der Waals surface area contributed by atoms with E-state index in [-0.39, 0.29) is 43.2 Å². The van der Waals surface area contributed by atoms with Crippen molar-refractivity contribution < 1.29 is 45.3 Å². The number of ether oxygens (including phenoxy) is 1. The van der Waals surface area contributed by atoms with Crippen molar-refractivity contribution >= 4 is 24.6 Å². The van der Waals surface area contributed by atoms with Crippen LogP contribution >= 0.6 is 12.6 Å². The average Bonchev–Trinajstić information content (AvgIpc) is 2.64. The van der Waals surface area contributed by atoms with E-state index in [1.54, 1.807) is 0 Å². The quantitative estimate of drug-likeness (QED) is 0.0967. The Bertz CT molecular complexity index is 398. The molecule has 0 rings (SSSR count). The van der Waals surface area contributed by atoms with Crippen LogP contribution in [0.3, 0.4) is 0 Å². The summed E-state index contributed by atoms with van der Waals surface area (Å²) >= 11 is 3.90. The van der Waals surface area contributed by atoms with Gasteiger partial charge in [0, 0.05) is 12.2 Å². The molecular formula is C21H40NNaO3S. The normalized spacial score (nSPS) is 12.0. The molecule has 0 amide bonds. The molecule has 1 atom stereocenters. The minimum atomic E-state index is -0.823. The Kier molecular flexibility index (Phi) is 24.5. The van der Waals surface area contributed by atoms with Crippen LogP contribution in [-0.4, -0.2) is 23.7 Å². The molecule has 0 saturated carbocycles. The van der Waals surface area contributed by atoms with Gasteiger partial charge >= 0.3 is 41.5 Å². The number of allylic oxidation sites excluding steroid dienone is 2. The zero-order valence-corrected chi connectivity index (χ0v) is 20.5. The van der Waals surface area contributed by atoms with Gasteiger partial charge in [0.05, 0.1) is 0 Å². The molecule has 0 heterocycles. The van der Waals surface area contributed by atoms with Gasteiger partial charge in [-0.15, -0.1) is 0 Å². The summed E-state index contributed by atoms with van der Waals surface area (Å²) in [5.74, 6) is -0.984. The van der Waals surface area contributed by atoms with Gasteiger partial charge in [0.2, 0.25) is 0 Å². The molecule has 0 aliphatic heterocycles. The molecule has 0 radical (unpaired) electrons. The summed E-state index contributed by atoms with van der Waals surface area (Å²) in [6.45, 7) is 2.25. The number of thiol groups is 1. The van der Waals surface area contributed by atoms with Gasteiger partial charge in [0.1, 0.15) is 6.04 Å². The third-order valence-electron chi connectivity index (χ3n) is 4.36. The second kappa shape index (κ2) is 22.5. The van der Waals surface area contributed by atoms with Crippen LogP contribution in [0.25, 0.3) is 0 Å². The molecule has 1 unspecified atom stereocenters. The predicted molar refractivity (Wildman–Crippen MR) is 113 cm³/mol. The van der Waals surface area contributed by atoms with Crippen molar-refractivity contribution in [3.05, 3.63) is 12.2 Å². The van der Waals surface area contributed by atoms with Gasteiger partial charge in [0.25, 0.3) is 0 Å². The van der Waals surface area contributed by atoms with E-state index in [0.29, 0.717) is 0 Å². The summed E-state index contributed by atoms with van der Waals surface area (Å²) in [5, 5.41) is 0. The molecule has 2 N–H and O–H groups in total. The van der Waals surface area contributed by atoms with E-state index in [0.717, 1.165) is 25.7 Å². The molecule has 27 heavy (non-hydrogen) atoms. The summed E-state index contributed by atoms with van der Waals surface area (Å²) in [6.07, 6.45) is 20.6. The zero-order chi connectivity index (χ0) is 19.5. The van der Waals surface area contributed by atoms with Gasteiger partial charge in [-0.1, -0.05) is 70.4 Å². The minimum absolute atomic E-state index is 0. The number of hydrogen-bond donors (Lipinski definition) is 2. The first-order valence-corrected chi connectivity index (χ1v) is 11.0. The first-order valence-electron chi connectivity index (χ1n) is 10.4. The molecule has 0 spiro atoms.